The van der Waals surface area contributed by atoms with E-state index >= 15 is 0 Å². The summed E-state index contributed by atoms with van der Waals surface area (Å²) in [5.41, 5.74) is 4.81. The zero-order valence-electron chi connectivity index (χ0n) is 19.1. The zero-order chi connectivity index (χ0) is 24.9. The van der Waals surface area contributed by atoms with Gasteiger partial charge in [-0.1, -0.05) is 102 Å². The Kier molecular flexibility index (Phi) is 7.36. The first-order valence-corrected chi connectivity index (χ1v) is 13.3. The molecule has 3 aromatic carbocycles. The van der Waals surface area contributed by atoms with Crippen molar-refractivity contribution in [2.24, 2.45) is 0 Å². The fraction of sp³-hybridized carbons (Fsp3) is 0.0741. The van der Waals surface area contributed by atoms with Gasteiger partial charge in [0.25, 0.3) is 0 Å². The quantitative estimate of drug-likeness (QED) is 0.226. The molecule has 9 heteroatoms. The van der Waals surface area contributed by atoms with Gasteiger partial charge in [0.15, 0.2) is 5.13 Å². The second kappa shape index (κ2) is 11.0. The smallest absolute Gasteiger partial charge is 0.239 e. The van der Waals surface area contributed by atoms with Gasteiger partial charge in [-0.2, -0.15) is 0 Å². The molecular weight excluding hydrogens is 510 g/mol. The lowest BCUT2D eigenvalue weighted by molar-refractivity contribution is -0.115. The highest BCUT2D eigenvalue weighted by atomic mass is 35.5. The van der Waals surface area contributed by atoms with Crippen molar-refractivity contribution in [1.29, 1.82) is 0 Å². The van der Waals surface area contributed by atoms with Gasteiger partial charge in [-0.3, -0.25) is 4.79 Å². The highest BCUT2D eigenvalue weighted by Crippen LogP contribution is 2.32. The number of thiazole rings is 1. The van der Waals surface area contributed by atoms with Gasteiger partial charge < -0.3 is 5.32 Å². The number of thioether (sulfide) groups is 1. The molecule has 0 aliphatic heterocycles. The molecule has 2 aromatic heterocycles. The monoisotopic (exact) mass is 529 g/mol. The largest absolute Gasteiger partial charge is 0.301 e. The minimum atomic E-state index is -0.467. The Morgan fingerprint density at radius 1 is 0.861 bits per heavy atom. The molecule has 1 unspecified atom stereocenters. The first-order chi connectivity index (χ1) is 17.6. The van der Waals surface area contributed by atoms with E-state index in [1.54, 1.807) is 6.92 Å². The number of carbonyl (C=O) groups is 1. The van der Waals surface area contributed by atoms with Crippen LogP contribution >= 0.6 is 34.7 Å². The van der Waals surface area contributed by atoms with Crippen molar-refractivity contribution >= 4 is 45.7 Å². The van der Waals surface area contributed by atoms with Gasteiger partial charge in [0.1, 0.15) is 11.4 Å². The number of hydrogen-bond acceptors (Lipinski definition) is 7. The Bertz CT molecular complexity index is 1490. The molecule has 5 rings (SSSR count). The fourth-order valence-electron chi connectivity index (χ4n) is 3.49. The van der Waals surface area contributed by atoms with E-state index < -0.39 is 5.25 Å². The summed E-state index contributed by atoms with van der Waals surface area (Å²) in [6, 6.07) is 27.1. The number of amides is 1. The van der Waals surface area contributed by atoms with Crippen LogP contribution in [0.5, 0.6) is 0 Å². The number of halogens is 1. The Balaban J connectivity index is 1.34. The molecule has 178 valence electrons. The summed E-state index contributed by atoms with van der Waals surface area (Å²) in [7, 11) is 0. The first kappa shape index (κ1) is 24.1. The van der Waals surface area contributed by atoms with Crippen molar-refractivity contribution in [2.45, 2.75) is 17.3 Å². The first-order valence-electron chi connectivity index (χ1n) is 11.1. The molecule has 0 saturated heterocycles. The zero-order valence-corrected chi connectivity index (χ0v) is 21.5. The summed E-state index contributed by atoms with van der Waals surface area (Å²) in [5, 5.41) is 14.6. The highest BCUT2D eigenvalue weighted by molar-refractivity contribution is 8.00. The van der Waals surface area contributed by atoms with Crippen molar-refractivity contribution in [1.82, 2.24) is 20.2 Å². The van der Waals surface area contributed by atoms with Crippen LogP contribution in [0.2, 0.25) is 5.02 Å². The molecule has 6 nitrogen and oxygen atoms in total. The third-order valence-corrected chi connectivity index (χ3v) is 7.34. The number of aromatic nitrogens is 4. The third-order valence-electron chi connectivity index (χ3n) is 5.30. The lowest BCUT2D eigenvalue weighted by Gasteiger charge is -2.12. The van der Waals surface area contributed by atoms with Gasteiger partial charge in [-0.25, -0.2) is 9.97 Å². The Labute approximate surface area is 221 Å². The van der Waals surface area contributed by atoms with Gasteiger partial charge in [0.2, 0.25) is 11.1 Å². The lowest BCUT2D eigenvalue weighted by atomic mass is 10.0. The van der Waals surface area contributed by atoms with Gasteiger partial charge >= 0.3 is 0 Å². The Morgan fingerprint density at radius 2 is 1.50 bits per heavy atom. The Hall–Kier alpha value is -3.59. The van der Waals surface area contributed by atoms with Crippen LogP contribution in [0.3, 0.4) is 0 Å². The molecule has 5 aromatic rings. The molecule has 36 heavy (non-hydrogen) atoms. The normalized spacial score (nSPS) is 11.7. The van der Waals surface area contributed by atoms with E-state index in [-0.39, 0.29) is 5.91 Å². The van der Waals surface area contributed by atoms with Crippen LogP contribution in [0.4, 0.5) is 5.13 Å². The van der Waals surface area contributed by atoms with Crippen molar-refractivity contribution in [3.63, 3.8) is 0 Å². The van der Waals surface area contributed by atoms with E-state index in [1.807, 2.05) is 90.3 Å². The predicted molar refractivity (Wildman–Crippen MR) is 147 cm³/mol. The predicted octanol–water partition coefficient (Wildman–Crippen LogP) is 7.10. The molecule has 2 heterocycles. The van der Waals surface area contributed by atoms with Gasteiger partial charge in [0, 0.05) is 27.1 Å². The van der Waals surface area contributed by atoms with Crippen molar-refractivity contribution < 1.29 is 4.79 Å². The molecule has 0 radical (unpaired) electrons. The van der Waals surface area contributed by atoms with Gasteiger partial charge in [-0.05, 0) is 13.0 Å². The van der Waals surface area contributed by atoms with E-state index in [4.69, 9.17) is 16.6 Å². The summed E-state index contributed by atoms with van der Waals surface area (Å²) in [6.45, 7) is 1.80. The van der Waals surface area contributed by atoms with Gasteiger partial charge in [-0.15, -0.1) is 21.5 Å². The molecule has 1 N–H and O–H groups in total. The second-order valence-corrected chi connectivity index (χ2v) is 10.4. The van der Waals surface area contributed by atoms with Crippen LogP contribution < -0.4 is 5.32 Å². The van der Waals surface area contributed by atoms with E-state index in [1.165, 1.54) is 23.1 Å². The molecule has 0 bridgehead atoms. The maximum absolute atomic E-state index is 12.9. The van der Waals surface area contributed by atoms with E-state index in [2.05, 4.69) is 20.5 Å². The van der Waals surface area contributed by atoms with E-state index in [9.17, 15) is 4.79 Å². The Morgan fingerprint density at radius 3 is 2.19 bits per heavy atom. The highest BCUT2D eigenvalue weighted by Gasteiger charge is 2.20. The van der Waals surface area contributed by atoms with Crippen LogP contribution in [0.1, 0.15) is 6.92 Å². The average molecular weight is 530 g/mol. The fourth-order valence-corrected chi connectivity index (χ4v) is 5.15. The standard InChI is InChI=1S/C27H20ClN5OS2/c1-17(25(34)31-26-29-22(16-35-26)20-14-8-9-15-21(20)28)36-27-30-23(18-10-4-2-5-11-18)24(32-33-27)19-12-6-3-7-13-19/h2-17H,1H3,(H,29,31,34). The number of rotatable bonds is 7. The van der Waals surface area contributed by atoms with Crippen molar-refractivity contribution in [3.8, 4) is 33.8 Å². The second-order valence-electron chi connectivity index (χ2n) is 7.79. The van der Waals surface area contributed by atoms with Crippen molar-refractivity contribution in [3.05, 3.63) is 95.3 Å². The summed E-state index contributed by atoms with van der Waals surface area (Å²) >= 11 is 8.87. The molecule has 0 aliphatic carbocycles. The number of nitrogens with one attached hydrogen (secondary N) is 1. The molecular formula is C27H20ClN5OS2. The van der Waals surface area contributed by atoms with Crippen LogP contribution in [0.15, 0.2) is 95.5 Å². The van der Waals surface area contributed by atoms with E-state index in [0.717, 1.165) is 28.1 Å². The van der Waals surface area contributed by atoms with E-state index in [0.29, 0.717) is 21.0 Å². The number of nitrogens with zero attached hydrogens (tertiary/aromatic N) is 4. The number of hydrogen-bond donors (Lipinski definition) is 1. The number of carbonyl (C=O) groups excluding carboxylic acids is 1. The summed E-state index contributed by atoms with van der Waals surface area (Å²) in [4.78, 5) is 22.2. The molecule has 0 fully saturated rings. The molecule has 1 amide bonds. The maximum atomic E-state index is 12.9. The molecule has 0 saturated carbocycles. The third kappa shape index (κ3) is 5.46. The van der Waals surface area contributed by atoms with Gasteiger partial charge in [0.05, 0.1) is 10.9 Å². The minimum Gasteiger partial charge on any atom is -0.301 e. The average Bonchev–Trinajstić information content (AvgIpc) is 3.38. The molecule has 0 spiro atoms. The summed E-state index contributed by atoms with van der Waals surface area (Å²) < 4.78 is 0. The summed E-state index contributed by atoms with van der Waals surface area (Å²) in [6.07, 6.45) is 0. The topological polar surface area (TPSA) is 80.7 Å². The number of benzene rings is 3. The minimum absolute atomic E-state index is 0.197. The number of anilines is 1. The van der Waals surface area contributed by atoms with Crippen LogP contribution in [-0.4, -0.2) is 31.3 Å². The van der Waals surface area contributed by atoms with Crippen LogP contribution in [0.25, 0.3) is 33.8 Å². The SMILES string of the molecule is CC(Sc1nnc(-c2ccccc2)c(-c2ccccc2)n1)C(=O)Nc1nc(-c2ccccc2Cl)cs1. The maximum Gasteiger partial charge on any atom is 0.239 e. The lowest BCUT2D eigenvalue weighted by Crippen LogP contribution is -2.22. The summed E-state index contributed by atoms with van der Waals surface area (Å²) in [5.74, 6) is -0.197. The van der Waals surface area contributed by atoms with Crippen LogP contribution in [-0.2, 0) is 4.79 Å². The molecule has 1 atom stereocenters. The molecule has 0 aliphatic rings. The van der Waals surface area contributed by atoms with Crippen LogP contribution in [0, 0.1) is 0 Å². The van der Waals surface area contributed by atoms with Crippen molar-refractivity contribution in [2.75, 3.05) is 5.32 Å².